The van der Waals surface area contributed by atoms with E-state index < -0.39 is 0 Å². The van der Waals surface area contributed by atoms with Crippen LogP contribution in [0.4, 0.5) is 0 Å². The monoisotopic (exact) mass is 291 g/mol. The number of alkyl halides is 1. The number of halogens is 2. The molecule has 1 amide bonds. The molecule has 1 fully saturated rings. The highest BCUT2D eigenvalue weighted by molar-refractivity contribution is 7.17. The zero-order chi connectivity index (χ0) is 12.3. The summed E-state index contributed by atoms with van der Waals surface area (Å²) in [7, 11) is 0. The molecule has 0 bridgehead atoms. The Hall–Kier alpha value is -0.250. The molecule has 1 aromatic heterocycles. The van der Waals surface area contributed by atoms with E-state index in [9.17, 15) is 4.79 Å². The van der Waals surface area contributed by atoms with Gasteiger partial charge in [0.1, 0.15) is 0 Å². The zero-order valence-corrected chi connectivity index (χ0v) is 11.8. The van der Waals surface area contributed by atoms with Gasteiger partial charge in [0.2, 0.25) is 0 Å². The summed E-state index contributed by atoms with van der Waals surface area (Å²) in [5.74, 6) is 0.566. The minimum absolute atomic E-state index is 0.0782. The van der Waals surface area contributed by atoms with Gasteiger partial charge in [-0.2, -0.15) is 0 Å². The Balaban J connectivity index is 2.12. The van der Waals surface area contributed by atoms with E-state index in [0.717, 1.165) is 12.8 Å². The van der Waals surface area contributed by atoms with Crippen molar-refractivity contribution in [1.29, 1.82) is 0 Å². The topological polar surface area (TPSA) is 20.3 Å². The first-order valence-corrected chi connectivity index (χ1v) is 7.57. The lowest BCUT2D eigenvalue weighted by atomic mass is 10.2. The summed E-state index contributed by atoms with van der Waals surface area (Å²) in [5, 5.41) is 0. The van der Waals surface area contributed by atoms with Crippen molar-refractivity contribution in [2.24, 2.45) is 0 Å². The molecule has 1 saturated carbocycles. The Labute approximate surface area is 116 Å². The van der Waals surface area contributed by atoms with Crippen molar-refractivity contribution in [2.75, 3.05) is 12.4 Å². The molecule has 0 spiro atoms. The lowest BCUT2D eigenvalue weighted by Gasteiger charge is -2.27. The summed E-state index contributed by atoms with van der Waals surface area (Å²) in [6, 6.07) is 3.93. The molecule has 2 nitrogen and oxygen atoms in total. The second kappa shape index (κ2) is 6.07. The number of rotatable bonds is 4. The third-order valence-electron chi connectivity index (χ3n) is 3.14. The van der Waals surface area contributed by atoms with Gasteiger partial charge in [0, 0.05) is 18.5 Å². The zero-order valence-electron chi connectivity index (χ0n) is 9.49. The van der Waals surface area contributed by atoms with Gasteiger partial charge in [-0.3, -0.25) is 4.79 Å². The number of thiophene rings is 1. The summed E-state index contributed by atoms with van der Waals surface area (Å²) in [5.41, 5.74) is 0. The van der Waals surface area contributed by atoms with Crippen LogP contribution in [0.5, 0.6) is 0 Å². The summed E-state index contributed by atoms with van der Waals surface area (Å²) >= 11 is 13.0. The minimum atomic E-state index is 0.0782. The van der Waals surface area contributed by atoms with Gasteiger partial charge in [-0.1, -0.05) is 24.4 Å². The van der Waals surface area contributed by atoms with E-state index in [1.165, 1.54) is 24.2 Å². The summed E-state index contributed by atoms with van der Waals surface area (Å²) < 4.78 is 0.658. The smallest absolute Gasteiger partial charge is 0.264 e. The summed E-state index contributed by atoms with van der Waals surface area (Å²) in [4.78, 5) is 15.0. The summed E-state index contributed by atoms with van der Waals surface area (Å²) in [6.45, 7) is 0.626. The molecule has 0 unspecified atom stereocenters. The van der Waals surface area contributed by atoms with Gasteiger partial charge in [0.05, 0.1) is 9.21 Å². The number of nitrogens with zero attached hydrogens (tertiary/aromatic N) is 1. The molecule has 1 aromatic rings. The van der Waals surface area contributed by atoms with Crippen molar-refractivity contribution < 1.29 is 4.79 Å². The molecule has 0 N–H and O–H groups in total. The largest absolute Gasteiger partial charge is 0.334 e. The lowest BCUT2D eigenvalue weighted by molar-refractivity contribution is 0.0700. The summed E-state index contributed by atoms with van der Waals surface area (Å²) in [6.07, 6.45) is 4.62. The highest BCUT2D eigenvalue weighted by Crippen LogP contribution is 2.28. The Bertz CT molecular complexity index is 388. The first kappa shape index (κ1) is 13.2. The highest BCUT2D eigenvalue weighted by Gasteiger charge is 2.27. The molecule has 94 valence electrons. The van der Waals surface area contributed by atoms with Crippen molar-refractivity contribution in [3.63, 3.8) is 0 Å². The standard InChI is InChI=1S/C12H15Cl2NOS/c13-7-8-15(9-3-1-2-4-9)12(16)10-5-6-11(14)17-10/h5-6,9H,1-4,7-8H2. The van der Waals surface area contributed by atoms with Gasteiger partial charge in [0.15, 0.2) is 0 Å². The van der Waals surface area contributed by atoms with Crippen LogP contribution in [0.15, 0.2) is 12.1 Å². The molecule has 0 saturated heterocycles. The molecule has 2 rings (SSSR count). The molecule has 0 atom stereocenters. The van der Waals surface area contributed by atoms with Gasteiger partial charge in [-0.05, 0) is 25.0 Å². The highest BCUT2D eigenvalue weighted by atomic mass is 35.5. The predicted molar refractivity (Wildman–Crippen MR) is 73.3 cm³/mol. The minimum Gasteiger partial charge on any atom is -0.334 e. The van der Waals surface area contributed by atoms with Crippen LogP contribution < -0.4 is 0 Å². The van der Waals surface area contributed by atoms with E-state index in [1.54, 1.807) is 12.1 Å². The van der Waals surface area contributed by atoms with Crippen LogP contribution in [0.2, 0.25) is 4.34 Å². The maximum absolute atomic E-state index is 12.4. The normalized spacial score (nSPS) is 16.4. The van der Waals surface area contributed by atoms with Gasteiger partial charge < -0.3 is 4.90 Å². The van der Waals surface area contributed by atoms with Gasteiger partial charge in [-0.25, -0.2) is 0 Å². The Kier molecular flexibility index (Phi) is 4.71. The van der Waals surface area contributed by atoms with E-state index in [-0.39, 0.29) is 5.91 Å². The average Bonchev–Trinajstić information content (AvgIpc) is 2.95. The fraction of sp³-hybridized carbons (Fsp3) is 0.583. The van der Waals surface area contributed by atoms with Crippen molar-refractivity contribution in [2.45, 2.75) is 31.7 Å². The van der Waals surface area contributed by atoms with Crippen LogP contribution >= 0.6 is 34.5 Å². The average molecular weight is 292 g/mol. The number of carbonyl (C=O) groups is 1. The van der Waals surface area contributed by atoms with Gasteiger partial charge in [-0.15, -0.1) is 22.9 Å². The second-order valence-corrected chi connectivity index (χ2v) is 6.32. The van der Waals surface area contributed by atoms with Crippen LogP contribution in [-0.4, -0.2) is 29.3 Å². The number of hydrogen-bond donors (Lipinski definition) is 0. The van der Waals surface area contributed by atoms with Gasteiger partial charge in [0.25, 0.3) is 5.91 Å². The molecule has 1 aliphatic rings. The Morgan fingerprint density at radius 2 is 2.12 bits per heavy atom. The van der Waals surface area contributed by atoms with Gasteiger partial charge >= 0.3 is 0 Å². The molecule has 0 aliphatic heterocycles. The van der Waals surface area contributed by atoms with E-state index in [4.69, 9.17) is 23.2 Å². The molecule has 1 aliphatic carbocycles. The first-order chi connectivity index (χ1) is 8.22. The Morgan fingerprint density at radius 3 is 2.65 bits per heavy atom. The maximum atomic E-state index is 12.4. The van der Waals surface area contributed by atoms with Crippen molar-refractivity contribution in [3.05, 3.63) is 21.3 Å². The van der Waals surface area contributed by atoms with E-state index in [2.05, 4.69) is 0 Å². The van der Waals surface area contributed by atoms with Crippen LogP contribution in [0.25, 0.3) is 0 Å². The molecule has 0 aromatic carbocycles. The van der Waals surface area contributed by atoms with Crippen molar-refractivity contribution >= 4 is 40.4 Å². The van der Waals surface area contributed by atoms with E-state index >= 15 is 0 Å². The SMILES string of the molecule is O=C(c1ccc(Cl)s1)N(CCCl)C1CCCC1. The van der Waals surface area contributed by atoms with Crippen LogP contribution in [-0.2, 0) is 0 Å². The molecular weight excluding hydrogens is 277 g/mol. The van der Waals surface area contributed by atoms with Crippen molar-refractivity contribution in [1.82, 2.24) is 4.90 Å². The Morgan fingerprint density at radius 1 is 1.41 bits per heavy atom. The van der Waals surface area contributed by atoms with Crippen LogP contribution in [0.1, 0.15) is 35.4 Å². The number of carbonyl (C=O) groups excluding carboxylic acids is 1. The predicted octanol–water partition coefficient (Wildman–Crippen LogP) is 4.03. The van der Waals surface area contributed by atoms with E-state index in [1.807, 2.05) is 4.90 Å². The molecule has 17 heavy (non-hydrogen) atoms. The first-order valence-electron chi connectivity index (χ1n) is 5.84. The molecule has 1 heterocycles. The molecule has 5 heteroatoms. The fourth-order valence-corrected chi connectivity index (χ4v) is 3.51. The second-order valence-electron chi connectivity index (χ2n) is 4.23. The maximum Gasteiger partial charge on any atom is 0.264 e. The number of hydrogen-bond acceptors (Lipinski definition) is 2. The van der Waals surface area contributed by atoms with Crippen LogP contribution in [0.3, 0.4) is 0 Å². The third-order valence-corrected chi connectivity index (χ3v) is 4.52. The molecular formula is C12H15Cl2NOS. The number of amides is 1. The fourth-order valence-electron chi connectivity index (χ4n) is 2.33. The van der Waals surface area contributed by atoms with Crippen LogP contribution in [0, 0.1) is 0 Å². The van der Waals surface area contributed by atoms with E-state index in [0.29, 0.717) is 27.7 Å². The quantitative estimate of drug-likeness (QED) is 0.767. The third kappa shape index (κ3) is 3.15. The van der Waals surface area contributed by atoms with Crippen molar-refractivity contribution in [3.8, 4) is 0 Å². The molecule has 0 radical (unpaired) electrons. The lowest BCUT2D eigenvalue weighted by Crippen LogP contribution is -2.39.